The number of rotatable bonds is 5. The lowest BCUT2D eigenvalue weighted by Crippen LogP contribution is -2.09. The molecule has 0 bridgehead atoms. The molecule has 0 radical (unpaired) electrons. The summed E-state index contributed by atoms with van der Waals surface area (Å²) >= 11 is 2.57. The molecule has 5 nitrogen and oxygen atoms in total. The minimum atomic E-state index is -0.445. The van der Waals surface area contributed by atoms with Crippen LogP contribution in [-0.2, 0) is 11.2 Å². The molecule has 0 aliphatic heterocycles. The normalized spacial score (nSPS) is 10.6. The van der Waals surface area contributed by atoms with Crippen LogP contribution >= 0.6 is 22.7 Å². The molecule has 3 rings (SSSR count). The molecule has 0 aliphatic carbocycles. The molecule has 0 spiro atoms. The Kier molecular flexibility index (Phi) is 5.49. The van der Waals surface area contributed by atoms with E-state index in [0.29, 0.717) is 14.9 Å². The van der Waals surface area contributed by atoms with E-state index in [4.69, 9.17) is 0 Å². The molecule has 1 aromatic carbocycles. The van der Waals surface area contributed by atoms with E-state index in [2.05, 4.69) is 46.2 Å². The second kappa shape index (κ2) is 7.80. The van der Waals surface area contributed by atoms with Gasteiger partial charge >= 0.3 is 5.97 Å². The molecule has 1 amide bonds. The molecular weight excluding hydrogens is 368 g/mol. The van der Waals surface area contributed by atoms with Crippen molar-refractivity contribution in [3.63, 3.8) is 0 Å². The fraction of sp³-hybridized carbons (Fsp3) is 0.211. The molecule has 0 unspecified atom stereocenters. The first-order chi connectivity index (χ1) is 12.5. The lowest BCUT2D eigenvalue weighted by Gasteiger charge is -2.00. The first-order valence-electron chi connectivity index (χ1n) is 7.97. The van der Waals surface area contributed by atoms with Gasteiger partial charge in [-0.2, -0.15) is 0 Å². The number of anilines is 1. The predicted molar refractivity (Wildman–Crippen MR) is 104 cm³/mol. The van der Waals surface area contributed by atoms with Crippen molar-refractivity contribution >= 4 is 39.7 Å². The van der Waals surface area contributed by atoms with Gasteiger partial charge in [-0.1, -0.05) is 29.8 Å². The highest BCUT2D eigenvalue weighted by atomic mass is 32.1. The van der Waals surface area contributed by atoms with Crippen LogP contribution in [0.25, 0.3) is 0 Å². The van der Waals surface area contributed by atoms with Gasteiger partial charge in [-0.05, 0) is 31.5 Å². The average Bonchev–Trinajstić information content (AvgIpc) is 3.24. The number of hydrogen-bond donors (Lipinski definition) is 1. The van der Waals surface area contributed by atoms with E-state index in [1.165, 1.54) is 29.6 Å². The van der Waals surface area contributed by atoms with Crippen molar-refractivity contribution in [2.24, 2.45) is 0 Å². The summed E-state index contributed by atoms with van der Waals surface area (Å²) < 4.78 is 4.66. The second-order valence-electron chi connectivity index (χ2n) is 5.80. The van der Waals surface area contributed by atoms with Crippen molar-refractivity contribution < 1.29 is 14.3 Å². The zero-order valence-corrected chi connectivity index (χ0v) is 16.3. The number of methoxy groups -OCH3 is 1. The number of hydrogen-bond acceptors (Lipinski definition) is 6. The van der Waals surface area contributed by atoms with Crippen molar-refractivity contribution in [3.05, 3.63) is 67.9 Å². The number of aromatic nitrogens is 1. The van der Waals surface area contributed by atoms with Gasteiger partial charge in [0.05, 0.1) is 17.7 Å². The molecule has 3 aromatic rings. The summed E-state index contributed by atoms with van der Waals surface area (Å²) in [4.78, 5) is 30.3. The van der Waals surface area contributed by atoms with Gasteiger partial charge in [0.15, 0.2) is 5.13 Å². The molecule has 7 heteroatoms. The maximum atomic E-state index is 12.4. The Labute approximate surface area is 159 Å². The quantitative estimate of drug-likeness (QED) is 0.658. The Morgan fingerprint density at radius 2 is 1.73 bits per heavy atom. The Morgan fingerprint density at radius 1 is 1.04 bits per heavy atom. The van der Waals surface area contributed by atoms with Crippen LogP contribution in [0.5, 0.6) is 0 Å². The van der Waals surface area contributed by atoms with Gasteiger partial charge in [-0.3, -0.25) is 10.1 Å². The maximum Gasteiger partial charge on any atom is 0.348 e. The molecule has 0 saturated heterocycles. The molecule has 26 heavy (non-hydrogen) atoms. The predicted octanol–water partition coefficient (Wildman–Crippen LogP) is 4.45. The first-order valence-corrected chi connectivity index (χ1v) is 9.61. The summed E-state index contributed by atoms with van der Waals surface area (Å²) in [7, 11) is 1.32. The topological polar surface area (TPSA) is 68.3 Å². The summed E-state index contributed by atoms with van der Waals surface area (Å²) in [6.07, 6.45) is 0.783. The SMILES string of the molecule is COC(=O)c1ccc(C(=O)Nc2nc(C)c(Cc3ccc(C)cc3)s2)s1. The molecule has 0 saturated carbocycles. The molecule has 1 N–H and O–H groups in total. The Balaban J connectivity index is 1.70. The van der Waals surface area contributed by atoms with E-state index in [1.807, 2.05) is 6.92 Å². The number of carbonyl (C=O) groups is 2. The van der Waals surface area contributed by atoms with Crippen LogP contribution in [-0.4, -0.2) is 24.0 Å². The number of nitrogens with one attached hydrogen (secondary N) is 1. The third-order valence-electron chi connectivity index (χ3n) is 3.81. The van der Waals surface area contributed by atoms with E-state index in [-0.39, 0.29) is 5.91 Å². The minimum absolute atomic E-state index is 0.277. The Hall–Kier alpha value is -2.51. The third-order valence-corrected chi connectivity index (χ3v) is 5.95. The molecule has 2 aromatic heterocycles. The van der Waals surface area contributed by atoms with Gasteiger partial charge in [0.2, 0.25) is 0 Å². The van der Waals surface area contributed by atoms with Crippen molar-refractivity contribution in [1.82, 2.24) is 4.98 Å². The highest BCUT2D eigenvalue weighted by Gasteiger charge is 2.16. The largest absolute Gasteiger partial charge is 0.465 e. The van der Waals surface area contributed by atoms with Crippen molar-refractivity contribution in [2.75, 3.05) is 12.4 Å². The summed E-state index contributed by atoms with van der Waals surface area (Å²) in [6.45, 7) is 4.00. The van der Waals surface area contributed by atoms with Crippen LogP contribution < -0.4 is 5.32 Å². The number of thiophene rings is 1. The number of aryl methyl sites for hydroxylation is 2. The number of benzene rings is 1. The zero-order chi connectivity index (χ0) is 18.7. The number of amides is 1. The molecule has 0 atom stereocenters. The van der Waals surface area contributed by atoms with Gasteiger partial charge in [-0.25, -0.2) is 9.78 Å². The minimum Gasteiger partial charge on any atom is -0.465 e. The lowest BCUT2D eigenvalue weighted by atomic mass is 10.1. The van der Waals surface area contributed by atoms with E-state index in [9.17, 15) is 9.59 Å². The monoisotopic (exact) mass is 386 g/mol. The Morgan fingerprint density at radius 3 is 2.42 bits per heavy atom. The van der Waals surface area contributed by atoms with Crippen molar-refractivity contribution in [1.29, 1.82) is 0 Å². The molecule has 2 heterocycles. The molecular formula is C19H18N2O3S2. The smallest absolute Gasteiger partial charge is 0.348 e. The van der Waals surface area contributed by atoms with E-state index < -0.39 is 5.97 Å². The average molecular weight is 386 g/mol. The van der Waals surface area contributed by atoms with Crippen LogP contribution in [0.3, 0.4) is 0 Å². The van der Waals surface area contributed by atoms with Gasteiger partial charge in [0.1, 0.15) is 4.88 Å². The van der Waals surface area contributed by atoms with Crippen LogP contribution in [0.2, 0.25) is 0 Å². The van der Waals surface area contributed by atoms with Crippen LogP contribution in [0, 0.1) is 13.8 Å². The summed E-state index contributed by atoms with van der Waals surface area (Å²) in [6, 6.07) is 11.6. The van der Waals surface area contributed by atoms with E-state index >= 15 is 0 Å². The van der Waals surface area contributed by atoms with Crippen molar-refractivity contribution in [3.8, 4) is 0 Å². The standard InChI is InChI=1S/C19H18N2O3S2/c1-11-4-6-13(7-5-11)10-16-12(2)20-19(26-16)21-17(22)14-8-9-15(25-14)18(23)24-3/h4-9H,10H2,1-3H3,(H,20,21,22). The highest BCUT2D eigenvalue weighted by Crippen LogP contribution is 2.26. The number of carbonyl (C=O) groups excluding carboxylic acids is 2. The zero-order valence-electron chi connectivity index (χ0n) is 14.7. The first kappa shape index (κ1) is 18.3. The molecule has 134 valence electrons. The van der Waals surface area contributed by atoms with E-state index in [0.717, 1.165) is 28.3 Å². The second-order valence-corrected chi connectivity index (χ2v) is 7.97. The summed E-state index contributed by atoms with van der Waals surface area (Å²) in [5.41, 5.74) is 3.35. The summed E-state index contributed by atoms with van der Waals surface area (Å²) in [5.74, 6) is -0.722. The maximum absolute atomic E-state index is 12.4. The fourth-order valence-corrected chi connectivity index (χ4v) is 4.18. The summed E-state index contributed by atoms with van der Waals surface area (Å²) in [5, 5.41) is 3.37. The number of nitrogens with zero attached hydrogens (tertiary/aromatic N) is 1. The molecule has 0 aliphatic rings. The van der Waals surface area contributed by atoms with Crippen LogP contribution in [0.15, 0.2) is 36.4 Å². The van der Waals surface area contributed by atoms with Gasteiger partial charge in [0.25, 0.3) is 5.91 Å². The molecule has 0 fully saturated rings. The van der Waals surface area contributed by atoms with Crippen LogP contribution in [0.4, 0.5) is 5.13 Å². The van der Waals surface area contributed by atoms with Gasteiger partial charge in [-0.15, -0.1) is 22.7 Å². The van der Waals surface area contributed by atoms with Crippen LogP contribution in [0.1, 0.15) is 41.0 Å². The van der Waals surface area contributed by atoms with Crippen molar-refractivity contribution in [2.45, 2.75) is 20.3 Å². The number of esters is 1. The Bertz CT molecular complexity index is 942. The number of thiazole rings is 1. The fourth-order valence-electron chi connectivity index (χ4n) is 2.37. The third kappa shape index (κ3) is 4.17. The van der Waals surface area contributed by atoms with E-state index in [1.54, 1.807) is 12.1 Å². The lowest BCUT2D eigenvalue weighted by molar-refractivity contribution is 0.0606. The highest BCUT2D eigenvalue weighted by molar-refractivity contribution is 7.17. The van der Waals surface area contributed by atoms with Gasteiger partial charge < -0.3 is 4.74 Å². The van der Waals surface area contributed by atoms with Gasteiger partial charge in [0, 0.05) is 11.3 Å². The number of ether oxygens (including phenoxy) is 1.